The summed E-state index contributed by atoms with van der Waals surface area (Å²) in [5.74, 6) is 0.698. The highest BCUT2D eigenvalue weighted by molar-refractivity contribution is 8.04. The van der Waals surface area contributed by atoms with Gasteiger partial charge >= 0.3 is 0 Å². The lowest BCUT2D eigenvalue weighted by Gasteiger charge is -2.29. The van der Waals surface area contributed by atoms with Crippen LogP contribution >= 0.6 is 23.5 Å². The van der Waals surface area contributed by atoms with Gasteiger partial charge in [0.1, 0.15) is 10.6 Å². The summed E-state index contributed by atoms with van der Waals surface area (Å²) in [6, 6.07) is 12.3. The highest BCUT2D eigenvalue weighted by Gasteiger charge is 2.25. The van der Waals surface area contributed by atoms with Crippen LogP contribution in [-0.4, -0.2) is 47.0 Å². The van der Waals surface area contributed by atoms with Gasteiger partial charge in [0.25, 0.3) is 10.1 Å². The van der Waals surface area contributed by atoms with Crippen molar-refractivity contribution in [3.05, 3.63) is 64.2 Å². The average Bonchev–Trinajstić information content (AvgIpc) is 2.98. The Labute approximate surface area is 275 Å². The topological polar surface area (TPSA) is 72.8 Å². The molecule has 0 amide bonds. The van der Waals surface area contributed by atoms with Gasteiger partial charge in [0.2, 0.25) is 0 Å². The first-order valence-electron chi connectivity index (χ1n) is 15.8. The Hall–Kier alpha value is -1.67. The van der Waals surface area contributed by atoms with Crippen molar-refractivity contribution in [3.63, 3.8) is 0 Å². The van der Waals surface area contributed by atoms with Gasteiger partial charge in [-0.15, -0.1) is 17.5 Å². The smallest absolute Gasteiger partial charge is 0.295 e. The zero-order valence-corrected chi connectivity index (χ0v) is 30.3. The van der Waals surface area contributed by atoms with Gasteiger partial charge in [0.15, 0.2) is 0 Å². The monoisotopic (exact) mass is 660 g/mol. The second-order valence-electron chi connectivity index (χ2n) is 13.4. The highest BCUT2D eigenvalue weighted by Crippen LogP contribution is 2.39. The third kappa shape index (κ3) is 12.6. The second-order valence-corrected chi connectivity index (χ2v) is 18.5. The van der Waals surface area contributed by atoms with Crippen LogP contribution in [0.4, 0.5) is 0 Å². The van der Waals surface area contributed by atoms with E-state index < -0.39 is 10.1 Å². The first kappa shape index (κ1) is 36.8. The van der Waals surface area contributed by atoms with Crippen molar-refractivity contribution in [1.29, 1.82) is 0 Å². The van der Waals surface area contributed by atoms with E-state index in [1.807, 2.05) is 42.1 Å². The molecule has 244 valence electrons. The zero-order valence-electron chi connectivity index (χ0n) is 27.9. The first-order chi connectivity index (χ1) is 20.5. The van der Waals surface area contributed by atoms with Crippen LogP contribution < -0.4 is 4.74 Å². The molecule has 0 saturated carbocycles. The summed E-state index contributed by atoms with van der Waals surface area (Å²) < 4.78 is 45.9. The molecule has 44 heavy (non-hydrogen) atoms. The first-order valence-corrected chi connectivity index (χ1v) is 19.0. The van der Waals surface area contributed by atoms with E-state index >= 15 is 0 Å². The van der Waals surface area contributed by atoms with E-state index in [1.54, 1.807) is 13.0 Å². The van der Waals surface area contributed by atoms with Gasteiger partial charge < -0.3 is 9.47 Å². The molecule has 1 aliphatic carbocycles. The van der Waals surface area contributed by atoms with E-state index in [9.17, 15) is 13.0 Å². The maximum atomic E-state index is 11.9. The molecule has 0 aliphatic heterocycles. The Morgan fingerprint density at radius 2 is 1.68 bits per heavy atom. The van der Waals surface area contributed by atoms with E-state index in [1.165, 1.54) is 35.8 Å². The molecule has 0 saturated heterocycles. The molecule has 1 unspecified atom stereocenters. The molecule has 0 spiro atoms. The van der Waals surface area contributed by atoms with Crippen LogP contribution in [0.5, 0.6) is 5.75 Å². The lowest BCUT2D eigenvalue weighted by Crippen LogP contribution is -2.29. The standard InChI is InChI=1S/C36H52O5S3/c1-26(2)42-31-10-9-11-32(24-27(3)12-18-31)43-36(7,8)21-23-41-35(5,6)20-22-40-30-16-14-29(15-17-30)33-19-13-28(4)25-34(33)44(37,38)39/h13-17,19,25-26,31H,9-12,18,20-23H2,1-8H3,(H,37,38,39). The number of allylic oxidation sites excluding steroid dienone is 1. The van der Waals surface area contributed by atoms with Crippen molar-refractivity contribution in [1.82, 2.24) is 0 Å². The summed E-state index contributed by atoms with van der Waals surface area (Å²) in [5, 5.41) is 1.44. The predicted octanol–water partition coefficient (Wildman–Crippen LogP) is 10.3. The number of hydrogen-bond donors (Lipinski definition) is 1. The number of rotatable bonds is 14. The molecule has 0 radical (unpaired) electrons. The number of benzene rings is 2. The van der Waals surface area contributed by atoms with E-state index in [-0.39, 0.29) is 15.2 Å². The lowest BCUT2D eigenvalue weighted by molar-refractivity contribution is -0.0334. The third-order valence-corrected chi connectivity index (χ3v) is 11.3. The molecular weight excluding hydrogens is 609 g/mol. The molecule has 0 bridgehead atoms. The number of thioether (sulfide) groups is 2. The van der Waals surface area contributed by atoms with Crippen LogP contribution in [0, 0.1) is 6.92 Å². The van der Waals surface area contributed by atoms with Crippen molar-refractivity contribution in [2.75, 3.05) is 13.2 Å². The maximum absolute atomic E-state index is 11.9. The number of aryl methyl sites for hydroxylation is 1. The van der Waals surface area contributed by atoms with Crippen LogP contribution in [0.3, 0.4) is 0 Å². The van der Waals surface area contributed by atoms with E-state index in [2.05, 4.69) is 66.0 Å². The van der Waals surface area contributed by atoms with Crippen molar-refractivity contribution in [2.24, 2.45) is 0 Å². The summed E-state index contributed by atoms with van der Waals surface area (Å²) in [6.45, 7) is 18.6. The minimum atomic E-state index is -4.33. The molecule has 1 N–H and O–H groups in total. The molecule has 8 heteroatoms. The quantitative estimate of drug-likeness (QED) is 0.160. The highest BCUT2D eigenvalue weighted by atomic mass is 32.2. The summed E-state index contributed by atoms with van der Waals surface area (Å²) in [4.78, 5) is 1.29. The Balaban J connectivity index is 1.47. The molecule has 5 nitrogen and oxygen atoms in total. The molecule has 0 fully saturated rings. The van der Waals surface area contributed by atoms with Crippen molar-refractivity contribution < 1.29 is 22.4 Å². The summed E-state index contributed by atoms with van der Waals surface area (Å²) in [7, 11) is -4.33. The fourth-order valence-electron chi connectivity index (χ4n) is 5.23. The molecule has 1 aliphatic rings. The van der Waals surface area contributed by atoms with Gasteiger partial charge in [0, 0.05) is 33.5 Å². The van der Waals surface area contributed by atoms with Crippen LogP contribution in [0.2, 0.25) is 0 Å². The van der Waals surface area contributed by atoms with Crippen molar-refractivity contribution in [3.8, 4) is 16.9 Å². The van der Waals surface area contributed by atoms with Crippen LogP contribution in [-0.2, 0) is 14.9 Å². The largest absolute Gasteiger partial charge is 0.493 e. The lowest BCUT2D eigenvalue weighted by atomic mass is 10.0. The van der Waals surface area contributed by atoms with Gasteiger partial charge in [0.05, 0.1) is 12.2 Å². The van der Waals surface area contributed by atoms with Crippen LogP contribution in [0.1, 0.15) is 99.0 Å². The zero-order chi connectivity index (χ0) is 32.5. The molecule has 0 heterocycles. The van der Waals surface area contributed by atoms with Gasteiger partial charge in [-0.1, -0.05) is 52.0 Å². The number of hydrogen-bond acceptors (Lipinski definition) is 6. The molecule has 0 aromatic heterocycles. The van der Waals surface area contributed by atoms with Gasteiger partial charge in [-0.2, -0.15) is 20.2 Å². The Bertz CT molecular complexity index is 1400. The minimum Gasteiger partial charge on any atom is -0.493 e. The van der Waals surface area contributed by atoms with Gasteiger partial charge in [-0.05, 0) is 106 Å². The Kier molecular flexibility index (Phi) is 13.6. The minimum absolute atomic E-state index is 0.0593. The van der Waals surface area contributed by atoms with Crippen molar-refractivity contribution in [2.45, 2.75) is 126 Å². The third-order valence-electron chi connectivity index (χ3n) is 7.74. The SMILES string of the molecule is CC1=C=C(SC(C)(C)CCOC(C)(C)CCOc2ccc(-c3ccc(C)cc3S(=O)(=O)O)cc2)CCCC(SC(C)C)CC1. The van der Waals surface area contributed by atoms with Crippen LogP contribution in [0.15, 0.2) is 63.6 Å². The maximum Gasteiger partial charge on any atom is 0.295 e. The molecule has 2 aromatic rings. The average molecular weight is 661 g/mol. The normalized spacial score (nSPS) is 17.0. The van der Waals surface area contributed by atoms with E-state index in [0.29, 0.717) is 35.3 Å². The fourth-order valence-corrected chi connectivity index (χ4v) is 8.68. The van der Waals surface area contributed by atoms with E-state index in [0.717, 1.165) is 36.5 Å². The Morgan fingerprint density at radius 3 is 2.34 bits per heavy atom. The van der Waals surface area contributed by atoms with Gasteiger partial charge in [-0.25, -0.2) is 0 Å². The Morgan fingerprint density at radius 1 is 0.977 bits per heavy atom. The summed E-state index contributed by atoms with van der Waals surface area (Å²) >= 11 is 4.10. The summed E-state index contributed by atoms with van der Waals surface area (Å²) in [5.41, 5.74) is 6.72. The summed E-state index contributed by atoms with van der Waals surface area (Å²) in [6.07, 6.45) is 7.70. The number of ether oxygens (including phenoxy) is 2. The molecular formula is C36H52O5S3. The van der Waals surface area contributed by atoms with E-state index in [4.69, 9.17) is 9.47 Å². The fraction of sp³-hybridized carbons (Fsp3) is 0.583. The molecule has 2 aromatic carbocycles. The van der Waals surface area contributed by atoms with Gasteiger partial charge in [-0.3, -0.25) is 4.55 Å². The van der Waals surface area contributed by atoms with Crippen molar-refractivity contribution >= 4 is 33.6 Å². The molecule has 3 rings (SSSR count). The predicted molar refractivity (Wildman–Crippen MR) is 189 cm³/mol. The van der Waals surface area contributed by atoms with Crippen LogP contribution in [0.25, 0.3) is 11.1 Å². The molecule has 1 atom stereocenters. The second kappa shape index (κ2) is 16.2.